The highest BCUT2D eigenvalue weighted by Crippen LogP contribution is 2.51. The first-order valence-electron chi connectivity index (χ1n) is 13.3. The van der Waals surface area contributed by atoms with Gasteiger partial charge in [0, 0.05) is 16.8 Å². The number of rotatable bonds is 3. The van der Waals surface area contributed by atoms with E-state index in [1.54, 1.807) is 0 Å². The minimum Gasteiger partial charge on any atom is -0.505 e. The fraction of sp³-hybridized carbons (Fsp3) is 0.471. The van der Waals surface area contributed by atoms with Gasteiger partial charge in [0.2, 0.25) is 0 Å². The molecular formula is C34H47NO2. The van der Waals surface area contributed by atoms with E-state index < -0.39 is 0 Å². The number of hydrogen-bond donors (Lipinski definition) is 2. The van der Waals surface area contributed by atoms with E-state index in [2.05, 4.69) is 107 Å². The van der Waals surface area contributed by atoms with Crippen LogP contribution in [0.5, 0.6) is 11.5 Å². The van der Waals surface area contributed by atoms with Crippen LogP contribution in [0.1, 0.15) is 105 Å². The molecule has 200 valence electrons. The molecular weight excluding hydrogens is 454 g/mol. The molecule has 0 atom stereocenters. The second kappa shape index (κ2) is 9.42. The van der Waals surface area contributed by atoms with Gasteiger partial charge in [0.25, 0.3) is 0 Å². The average Bonchev–Trinajstić information content (AvgIpc) is 2.73. The summed E-state index contributed by atoms with van der Waals surface area (Å²) < 4.78 is 0. The van der Waals surface area contributed by atoms with Gasteiger partial charge in [0.1, 0.15) is 11.5 Å². The lowest BCUT2D eigenvalue weighted by molar-refractivity contribution is 0.442. The van der Waals surface area contributed by atoms with Crippen LogP contribution in [0.25, 0.3) is 0 Å². The first-order chi connectivity index (χ1) is 16.7. The summed E-state index contributed by atoms with van der Waals surface area (Å²) in [6.45, 7) is 25.9. The predicted molar refractivity (Wildman–Crippen MR) is 159 cm³/mol. The topological polar surface area (TPSA) is 43.7 Å². The zero-order chi connectivity index (χ0) is 28.1. The maximum atomic E-state index is 11.8. The Morgan fingerprint density at radius 1 is 0.486 bits per heavy atom. The van der Waals surface area contributed by atoms with Crippen LogP contribution in [-0.4, -0.2) is 10.2 Å². The highest BCUT2D eigenvalue weighted by atomic mass is 16.3. The fourth-order valence-corrected chi connectivity index (χ4v) is 4.57. The maximum absolute atomic E-state index is 11.8. The lowest BCUT2D eigenvalue weighted by atomic mass is 9.78. The standard InChI is InChI=1S/C34H47NO2/c1-31(2,3)22-18-25(33(7,8)9)29(36)27(20-22)35(24-16-14-13-15-17-24)28-21-23(32(4,5)6)19-26(30(28)37)34(10,11)12/h13-21,36-37H,1-12H3. The van der Waals surface area contributed by atoms with E-state index in [0.717, 1.165) is 27.9 Å². The zero-order valence-electron chi connectivity index (χ0n) is 25.0. The largest absolute Gasteiger partial charge is 0.505 e. The summed E-state index contributed by atoms with van der Waals surface area (Å²) >= 11 is 0. The molecule has 0 unspecified atom stereocenters. The fourth-order valence-electron chi connectivity index (χ4n) is 4.57. The molecule has 0 aliphatic carbocycles. The van der Waals surface area contributed by atoms with Crippen molar-refractivity contribution in [2.45, 2.75) is 105 Å². The van der Waals surface area contributed by atoms with E-state index >= 15 is 0 Å². The molecule has 0 heterocycles. The second-order valence-electron chi connectivity index (χ2n) is 14.5. The Morgan fingerprint density at radius 2 is 0.838 bits per heavy atom. The van der Waals surface area contributed by atoms with Crippen LogP contribution in [0.15, 0.2) is 54.6 Å². The van der Waals surface area contributed by atoms with E-state index in [1.165, 1.54) is 0 Å². The van der Waals surface area contributed by atoms with Gasteiger partial charge < -0.3 is 15.1 Å². The molecule has 0 spiro atoms. The Hall–Kier alpha value is -2.94. The van der Waals surface area contributed by atoms with Crippen LogP contribution in [0.3, 0.4) is 0 Å². The van der Waals surface area contributed by atoms with Crippen molar-refractivity contribution >= 4 is 17.1 Å². The summed E-state index contributed by atoms with van der Waals surface area (Å²) in [4.78, 5) is 2.03. The number of aromatic hydroxyl groups is 2. The molecule has 0 bridgehead atoms. The molecule has 0 aromatic heterocycles. The molecule has 37 heavy (non-hydrogen) atoms. The summed E-state index contributed by atoms with van der Waals surface area (Å²) in [7, 11) is 0. The molecule has 3 aromatic rings. The zero-order valence-corrected chi connectivity index (χ0v) is 25.0. The highest BCUT2D eigenvalue weighted by Gasteiger charge is 2.32. The molecule has 0 radical (unpaired) electrons. The third kappa shape index (κ3) is 5.98. The smallest absolute Gasteiger partial charge is 0.143 e. The van der Waals surface area contributed by atoms with Crippen molar-refractivity contribution in [1.82, 2.24) is 0 Å². The van der Waals surface area contributed by atoms with Crippen molar-refractivity contribution in [2.75, 3.05) is 4.90 Å². The molecule has 3 rings (SSSR count). The summed E-state index contributed by atoms with van der Waals surface area (Å²) in [5, 5.41) is 23.7. The molecule has 0 fully saturated rings. The van der Waals surface area contributed by atoms with E-state index in [0.29, 0.717) is 11.4 Å². The molecule has 0 aliphatic heterocycles. The summed E-state index contributed by atoms with van der Waals surface area (Å²) in [5.41, 5.74) is 5.47. The van der Waals surface area contributed by atoms with Gasteiger partial charge in [-0.05, 0) is 57.1 Å². The third-order valence-corrected chi connectivity index (χ3v) is 7.02. The number of phenols is 2. The number of para-hydroxylation sites is 1. The lowest BCUT2D eigenvalue weighted by Crippen LogP contribution is -2.21. The maximum Gasteiger partial charge on any atom is 0.143 e. The van der Waals surface area contributed by atoms with Crippen LogP contribution in [0, 0.1) is 0 Å². The molecule has 0 amide bonds. The summed E-state index contributed by atoms with van der Waals surface area (Å²) in [6, 6.07) is 18.5. The molecule has 0 saturated heterocycles. The number of hydrogen-bond acceptors (Lipinski definition) is 3. The van der Waals surface area contributed by atoms with Crippen molar-refractivity contribution in [3.05, 3.63) is 76.9 Å². The quantitative estimate of drug-likeness (QED) is 0.375. The number of phenolic OH excluding ortho intramolecular Hbond substituents is 2. The van der Waals surface area contributed by atoms with Crippen LogP contribution in [-0.2, 0) is 21.7 Å². The van der Waals surface area contributed by atoms with Crippen molar-refractivity contribution in [1.29, 1.82) is 0 Å². The molecule has 2 N–H and O–H groups in total. The van der Waals surface area contributed by atoms with Crippen LogP contribution in [0.2, 0.25) is 0 Å². The monoisotopic (exact) mass is 501 g/mol. The Bertz CT molecular complexity index is 1180. The van der Waals surface area contributed by atoms with Gasteiger partial charge in [-0.15, -0.1) is 0 Å². The third-order valence-electron chi connectivity index (χ3n) is 7.02. The summed E-state index contributed by atoms with van der Waals surface area (Å²) in [6.07, 6.45) is 0. The van der Waals surface area contributed by atoms with Gasteiger partial charge in [-0.3, -0.25) is 0 Å². The number of anilines is 3. The van der Waals surface area contributed by atoms with Gasteiger partial charge in [-0.25, -0.2) is 0 Å². The lowest BCUT2D eigenvalue weighted by Gasteiger charge is -2.35. The second-order valence-corrected chi connectivity index (χ2v) is 14.5. The van der Waals surface area contributed by atoms with E-state index in [9.17, 15) is 10.2 Å². The molecule has 0 aliphatic rings. The Labute approximate surface area is 225 Å². The Balaban J connectivity index is 2.53. The average molecular weight is 502 g/mol. The van der Waals surface area contributed by atoms with Gasteiger partial charge >= 0.3 is 0 Å². The van der Waals surface area contributed by atoms with Crippen molar-refractivity contribution < 1.29 is 10.2 Å². The van der Waals surface area contributed by atoms with E-state index in [4.69, 9.17) is 0 Å². The van der Waals surface area contributed by atoms with E-state index in [-0.39, 0.29) is 33.2 Å². The number of nitrogens with zero attached hydrogens (tertiary/aromatic N) is 1. The van der Waals surface area contributed by atoms with Crippen molar-refractivity contribution in [2.24, 2.45) is 0 Å². The van der Waals surface area contributed by atoms with Crippen molar-refractivity contribution in [3.8, 4) is 11.5 Å². The van der Waals surface area contributed by atoms with E-state index in [1.807, 2.05) is 35.2 Å². The molecule has 3 aromatic carbocycles. The Kier molecular flexibility index (Phi) is 7.29. The van der Waals surface area contributed by atoms with Crippen molar-refractivity contribution in [3.63, 3.8) is 0 Å². The first kappa shape index (κ1) is 28.6. The van der Waals surface area contributed by atoms with Gasteiger partial charge in [0.05, 0.1) is 11.4 Å². The van der Waals surface area contributed by atoms with Crippen LogP contribution < -0.4 is 4.90 Å². The van der Waals surface area contributed by atoms with Crippen LogP contribution >= 0.6 is 0 Å². The summed E-state index contributed by atoms with van der Waals surface area (Å²) in [5.74, 6) is 0.476. The minimum atomic E-state index is -0.270. The highest BCUT2D eigenvalue weighted by molar-refractivity contribution is 5.85. The van der Waals surface area contributed by atoms with Gasteiger partial charge in [0.15, 0.2) is 0 Å². The molecule has 3 nitrogen and oxygen atoms in total. The SMILES string of the molecule is CC(C)(C)c1cc(N(c2ccccc2)c2cc(C(C)(C)C)cc(C(C)(C)C)c2O)c(O)c(C(C)(C)C)c1. The molecule has 3 heteroatoms. The predicted octanol–water partition coefficient (Wildman–Crippen LogP) is 9.76. The Morgan fingerprint density at radius 3 is 1.14 bits per heavy atom. The van der Waals surface area contributed by atoms with Crippen LogP contribution in [0.4, 0.5) is 17.1 Å². The normalized spacial score (nSPS) is 13.1. The number of benzene rings is 3. The van der Waals surface area contributed by atoms with Gasteiger partial charge in [-0.2, -0.15) is 0 Å². The van der Waals surface area contributed by atoms with Gasteiger partial charge in [-0.1, -0.05) is 113 Å². The minimum absolute atomic E-state index is 0.128. The molecule has 0 saturated carbocycles. The first-order valence-corrected chi connectivity index (χ1v) is 13.3.